The van der Waals surface area contributed by atoms with Crippen molar-refractivity contribution in [2.45, 2.75) is 52.0 Å². The van der Waals surface area contributed by atoms with Crippen LogP contribution in [-0.2, 0) is 17.9 Å². The Morgan fingerprint density at radius 2 is 1.77 bits per heavy atom. The fraction of sp³-hybridized carbons (Fsp3) is 0.458. The molecule has 0 amide bonds. The SMILES string of the molecule is CN=C(NCc1cccc(COC(C)C)c1)N1CCC(Oc2ccccc2)CC1.I. The normalized spacial score (nSPS) is 15.1. The maximum Gasteiger partial charge on any atom is 0.193 e. The summed E-state index contributed by atoms with van der Waals surface area (Å²) in [6, 6.07) is 18.6. The third kappa shape index (κ3) is 7.80. The molecule has 30 heavy (non-hydrogen) atoms. The molecule has 1 aliphatic rings. The van der Waals surface area contributed by atoms with E-state index in [0.717, 1.165) is 44.2 Å². The number of ether oxygens (including phenoxy) is 2. The van der Waals surface area contributed by atoms with E-state index in [4.69, 9.17) is 9.47 Å². The van der Waals surface area contributed by atoms with E-state index >= 15 is 0 Å². The number of halogens is 1. The molecule has 6 heteroatoms. The summed E-state index contributed by atoms with van der Waals surface area (Å²) >= 11 is 0. The molecule has 1 N–H and O–H groups in total. The first kappa shape index (κ1) is 24.5. The highest BCUT2D eigenvalue weighted by Crippen LogP contribution is 2.18. The van der Waals surface area contributed by atoms with Crippen LogP contribution in [0.3, 0.4) is 0 Å². The minimum Gasteiger partial charge on any atom is -0.490 e. The molecule has 2 aromatic rings. The minimum atomic E-state index is 0. The lowest BCUT2D eigenvalue weighted by Gasteiger charge is -2.34. The van der Waals surface area contributed by atoms with Gasteiger partial charge in [0.25, 0.3) is 0 Å². The van der Waals surface area contributed by atoms with Gasteiger partial charge in [-0.1, -0.05) is 42.5 Å². The van der Waals surface area contributed by atoms with Gasteiger partial charge in [-0.2, -0.15) is 0 Å². The molecule has 0 atom stereocenters. The Kier molecular flexibility index (Phi) is 10.4. The second-order valence-electron chi connectivity index (χ2n) is 7.70. The molecular weight excluding hydrogens is 489 g/mol. The minimum absolute atomic E-state index is 0. The maximum atomic E-state index is 6.10. The van der Waals surface area contributed by atoms with Crippen molar-refractivity contribution >= 4 is 29.9 Å². The lowest BCUT2D eigenvalue weighted by atomic mass is 10.1. The number of piperidine rings is 1. The van der Waals surface area contributed by atoms with Crippen molar-refractivity contribution < 1.29 is 9.47 Å². The number of hydrogen-bond acceptors (Lipinski definition) is 3. The van der Waals surface area contributed by atoms with Gasteiger partial charge in [-0.05, 0) is 37.1 Å². The van der Waals surface area contributed by atoms with Crippen LogP contribution in [-0.4, -0.2) is 43.2 Å². The van der Waals surface area contributed by atoms with Crippen LogP contribution in [0.1, 0.15) is 37.8 Å². The Labute approximate surface area is 197 Å². The van der Waals surface area contributed by atoms with Crippen molar-refractivity contribution in [1.29, 1.82) is 0 Å². The van der Waals surface area contributed by atoms with Gasteiger partial charge in [0, 0.05) is 39.5 Å². The van der Waals surface area contributed by atoms with Crippen molar-refractivity contribution in [1.82, 2.24) is 10.2 Å². The number of aliphatic imine (C=N–C) groups is 1. The van der Waals surface area contributed by atoms with E-state index in [1.807, 2.05) is 37.4 Å². The summed E-state index contributed by atoms with van der Waals surface area (Å²) in [6.07, 6.45) is 2.50. The molecule has 3 rings (SSSR count). The van der Waals surface area contributed by atoms with E-state index in [0.29, 0.717) is 6.61 Å². The van der Waals surface area contributed by atoms with Gasteiger partial charge >= 0.3 is 0 Å². The fourth-order valence-electron chi connectivity index (χ4n) is 3.48. The van der Waals surface area contributed by atoms with Crippen molar-refractivity contribution in [3.63, 3.8) is 0 Å². The van der Waals surface area contributed by atoms with E-state index in [1.165, 1.54) is 11.1 Å². The van der Waals surface area contributed by atoms with Crippen LogP contribution < -0.4 is 10.1 Å². The molecule has 164 valence electrons. The Morgan fingerprint density at radius 1 is 1.07 bits per heavy atom. The van der Waals surface area contributed by atoms with Crippen LogP contribution in [0.5, 0.6) is 5.75 Å². The average molecular weight is 523 g/mol. The topological polar surface area (TPSA) is 46.1 Å². The number of rotatable bonds is 7. The Hall–Kier alpha value is -1.80. The van der Waals surface area contributed by atoms with Crippen LogP contribution in [0.4, 0.5) is 0 Å². The van der Waals surface area contributed by atoms with E-state index in [2.05, 4.69) is 53.3 Å². The zero-order valence-electron chi connectivity index (χ0n) is 18.2. The van der Waals surface area contributed by atoms with Crippen LogP contribution in [0.2, 0.25) is 0 Å². The van der Waals surface area contributed by atoms with Gasteiger partial charge in [0.15, 0.2) is 5.96 Å². The summed E-state index contributed by atoms with van der Waals surface area (Å²) in [5, 5.41) is 3.51. The highest BCUT2D eigenvalue weighted by atomic mass is 127. The Morgan fingerprint density at radius 3 is 2.43 bits per heavy atom. The van der Waals surface area contributed by atoms with E-state index in [-0.39, 0.29) is 36.2 Å². The molecular formula is C24H34IN3O2. The molecule has 0 aliphatic carbocycles. The molecule has 1 fully saturated rings. The summed E-state index contributed by atoms with van der Waals surface area (Å²) in [5.74, 6) is 1.90. The van der Waals surface area contributed by atoms with E-state index < -0.39 is 0 Å². The highest BCUT2D eigenvalue weighted by Gasteiger charge is 2.22. The maximum absolute atomic E-state index is 6.10. The van der Waals surface area contributed by atoms with E-state index in [1.54, 1.807) is 0 Å². The van der Waals surface area contributed by atoms with Crippen LogP contribution in [0, 0.1) is 0 Å². The third-order valence-electron chi connectivity index (χ3n) is 5.02. The predicted octanol–water partition coefficient (Wildman–Crippen LogP) is 4.85. The Bertz CT molecular complexity index is 775. The molecule has 0 unspecified atom stereocenters. The largest absolute Gasteiger partial charge is 0.490 e. The van der Waals surface area contributed by atoms with Crippen molar-refractivity contribution in [3.05, 3.63) is 65.7 Å². The average Bonchev–Trinajstić information content (AvgIpc) is 2.75. The Balaban J connectivity index is 0.00000320. The molecule has 1 heterocycles. The molecule has 2 aromatic carbocycles. The van der Waals surface area contributed by atoms with Crippen molar-refractivity contribution in [2.24, 2.45) is 4.99 Å². The summed E-state index contributed by atoms with van der Waals surface area (Å²) < 4.78 is 11.8. The first-order valence-electron chi connectivity index (χ1n) is 10.5. The summed E-state index contributed by atoms with van der Waals surface area (Å²) in [5.41, 5.74) is 2.44. The van der Waals surface area contributed by atoms with Crippen LogP contribution >= 0.6 is 24.0 Å². The molecule has 5 nitrogen and oxygen atoms in total. The number of nitrogens with one attached hydrogen (secondary N) is 1. The zero-order chi connectivity index (χ0) is 20.5. The van der Waals surface area contributed by atoms with Gasteiger partial charge in [0.1, 0.15) is 11.9 Å². The van der Waals surface area contributed by atoms with Gasteiger partial charge in [0.05, 0.1) is 12.7 Å². The second-order valence-corrected chi connectivity index (χ2v) is 7.70. The number of hydrogen-bond donors (Lipinski definition) is 1. The van der Waals surface area contributed by atoms with Gasteiger partial charge in [-0.25, -0.2) is 0 Å². The lowest BCUT2D eigenvalue weighted by molar-refractivity contribution is 0.0657. The van der Waals surface area contributed by atoms with Gasteiger partial charge < -0.3 is 19.7 Å². The van der Waals surface area contributed by atoms with Crippen LogP contribution in [0.25, 0.3) is 0 Å². The fourth-order valence-corrected chi connectivity index (χ4v) is 3.48. The number of likely N-dealkylation sites (tertiary alicyclic amines) is 1. The molecule has 1 aliphatic heterocycles. The van der Waals surface area contributed by atoms with Gasteiger partial charge in [-0.15, -0.1) is 24.0 Å². The molecule has 0 radical (unpaired) electrons. The summed E-state index contributed by atoms with van der Waals surface area (Å²) in [7, 11) is 1.85. The smallest absolute Gasteiger partial charge is 0.193 e. The highest BCUT2D eigenvalue weighted by molar-refractivity contribution is 14.0. The molecule has 0 aromatic heterocycles. The van der Waals surface area contributed by atoms with Gasteiger partial charge in [0.2, 0.25) is 0 Å². The first-order chi connectivity index (χ1) is 14.1. The standard InChI is InChI=1S/C24H33N3O2.HI/c1-19(2)28-18-21-9-7-8-20(16-21)17-26-24(25-3)27-14-12-23(13-15-27)29-22-10-5-4-6-11-22;/h4-11,16,19,23H,12-15,17-18H2,1-3H3,(H,25,26);1H. The summed E-state index contributed by atoms with van der Waals surface area (Å²) in [6.45, 7) is 7.41. The monoisotopic (exact) mass is 523 g/mol. The molecule has 0 saturated carbocycles. The van der Waals surface area contributed by atoms with E-state index in [9.17, 15) is 0 Å². The molecule has 0 spiro atoms. The zero-order valence-corrected chi connectivity index (χ0v) is 20.5. The summed E-state index contributed by atoms with van der Waals surface area (Å²) in [4.78, 5) is 6.80. The van der Waals surface area contributed by atoms with Gasteiger partial charge in [-0.3, -0.25) is 4.99 Å². The molecule has 1 saturated heterocycles. The predicted molar refractivity (Wildman–Crippen MR) is 134 cm³/mol. The first-order valence-corrected chi connectivity index (χ1v) is 10.5. The number of para-hydroxylation sites is 1. The lowest BCUT2D eigenvalue weighted by Crippen LogP contribution is -2.47. The molecule has 0 bridgehead atoms. The third-order valence-corrected chi connectivity index (χ3v) is 5.02. The number of guanidine groups is 1. The van der Waals surface area contributed by atoms with Crippen molar-refractivity contribution in [2.75, 3.05) is 20.1 Å². The quantitative estimate of drug-likeness (QED) is 0.320. The van der Waals surface area contributed by atoms with Crippen molar-refractivity contribution in [3.8, 4) is 5.75 Å². The number of benzene rings is 2. The van der Waals surface area contributed by atoms with Crippen LogP contribution in [0.15, 0.2) is 59.6 Å². The second kappa shape index (κ2) is 12.8. The number of nitrogens with zero attached hydrogens (tertiary/aromatic N) is 2.